The summed E-state index contributed by atoms with van der Waals surface area (Å²) in [7, 11) is 0. The molecule has 0 fully saturated rings. The van der Waals surface area contributed by atoms with Crippen LogP contribution in [0.1, 0.15) is 59.2 Å². The highest BCUT2D eigenvalue weighted by atomic mass is 32.1. The predicted octanol–water partition coefficient (Wildman–Crippen LogP) is 4.84. The summed E-state index contributed by atoms with van der Waals surface area (Å²) in [5.41, 5.74) is 4.75. The molecule has 4 rings (SSSR count). The fraction of sp³-hybridized carbons (Fsp3) is 0.474. The lowest BCUT2D eigenvalue weighted by atomic mass is 9.82. The van der Waals surface area contributed by atoms with Crippen molar-refractivity contribution in [3.63, 3.8) is 0 Å². The topological polar surface area (TPSA) is 12.0 Å². The highest BCUT2D eigenvalue weighted by Crippen LogP contribution is 2.35. The van der Waals surface area contributed by atoms with Crippen LogP contribution in [-0.4, -0.2) is 6.54 Å². The Hall–Kier alpha value is -1.12. The van der Waals surface area contributed by atoms with E-state index in [0.717, 1.165) is 6.54 Å². The molecular weight excluding hydrogens is 274 g/mol. The zero-order valence-corrected chi connectivity index (χ0v) is 13.3. The monoisotopic (exact) mass is 297 g/mol. The Bertz CT molecular complexity index is 616. The summed E-state index contributed by atoms with van der Waals surface area (Å²) in [4.78, 5) is 1.61. The van der Waals surface area contributed by atoms with E-state index < -0.39 is 0 Å². The van der Waals surface area contributed by atoms with Crippen LogP contribution in [-0.2, 0) is 12.8 Å². The van der Waals surface area contributed by atoms with Crippen LogP contribution in [0.3, 0.4) is 0 Å². The van der Waals surface area contributed by atoms with Gasteiger partial charge in [0.05, 0.1) is 0 Å². The fourth-order valence-electron chi connectivity index (χ4n) is 4.05. The van der Waals surface area contributed by atoms with Crippen molar-refractivity contribution >= 4 is 11.3 Å². The maximum absolute atomic E-state index is 3.88. The second kappa shape index (κ2) is 5.94. The van der Waals surface area contributed by atoms with Crippen LogP contribution in [0.2, 0.25) is 0 Å². The molecule has 0 saturated carbocycles. The van der Waals surface area contributed by atoms with Gasteiger partial charge in [0.2, 0.25) is 0 Å². The standard InChI is InChI=1S/C19H23NS/c1-2-8-16-14(5-1)6-3-7-15(16)13-20-18-9-4-10-19-17(18)11-12-21-19/h1-2,5,8,11-12,15,18,20H,3-4,6-7,9-10,13H2. The Labute approximate surface area is 131 Å². The van der Waals surface area contributed by atoms with E-state index in [-0.39, 0.29) is 0 Å². The first-order chi connectivity index (χ1) is 10.4. The van der Waals surface area contributed by atoms with E-state index in [4.69, 9.17) is 0 Å². The number of fused-ring (bicyclic) bond motifs is 2. The number of aryl methyl sites for hydroxylation is 2. The SMILES string of the molecule is c1ccc2c(c1)CCCC2CNC1CCCc2sccc21. The van der Waals surface area contributed by atoms with E-state index in [9.17, 15) is 0 Å². The largest absolute Gasteiger partial charge is 0.309 e. The second-order valence-corrected chi connectivity index (χ2v) is 7.44. The molecule has 1 aromatic carbocycles. The molecule has 2 aromatic rings. The van der Waals surface area contributed by atoms with Gasteiger partial charge in [-0.05, 0) is 72.6 Å². The highest BCUT2D eigenvalue weighted by Gasteiger charge is 2.24. The van der Waals surface area contributed by atoms with Gasteiger partial charge < -0.3 is 5.32 Å². The molecule has 0 aliphatic heterocycles. The van der Waals surface area contributed by atoms with Gasteiger partial charge in [0.1, 0.15) is 0 Å². The Morgan fingerprint density at radius 3 is 2.90 bits per heavy atom. The zero-order chi connectivity index (χ0) is 14.1. The van der Waals surface area contributed by atoms with Crippen LogP contribution in [0.25, 0.3) is 0 Å². The van der Waals surface area contributed by atoms with Crippen molar-refractivity contribution < 1.29 is 0 Å². The summed E-state index contributed by atoms with van der Waals surface area (Å²) in [5, 5.41) is 6.15. The van der Waals surface area contributed by atoms with Gasteiger partial charge in [-0.2, -0.15) is 0 Å². The number of nitrogens with one attached hydrogen (secondary N) is 1. The van der Waals surface area contributed by atoms with Crippen molar-refractivity contribution in [2.45, 2.75) is 50.5 Å². The summed E-state index contributed by atoms with van der Waals surface area (Å²) in [6, 6.07) is 12.0. The Morgan fingerprint density at radius 2 is 1.90 bits per heavy atom. The van der Waals surface area contributed by atoms with Crippen LogP contribution in [0, 0.1) is 0 Å². The summed E-state index contributed by atoms with van der Waals surface area (Å²) < 4.78 is 0. The van der Waals surface area contributed by atoms with Crippen LogP contribution in [0.4, 0.5) is 0 Å². The molecule has 1 aromatic heterocycles. The predicted molar refractivity (Wildman–Crippen MR) is 90.1 cm³/mol. The van der Waals surface area contributed by atoms with Gasteiger partial charge in [0.25, 0.3) is 0 Å². The van der Waals surface area contributed by atoms with E-state index in [2.05, 4.69) is 41.0 Å². The van der Waals surface area contributed by atoms with Gasteiger partial charge >= 0.3 is 0 Å². The van der Waals surface area contributed by atoms with E-state index >= 15 is 0 Å². The van der Waals surface area contributed by atoms with Gasteiger partial charge in [0.15, 0.2) is 0 Å². The molecule has 2 heteroatoms. The second-order valence-electron chi connectivity index (χ2n) is 6.44. The molecule has 2 atom stereocenters. The summed E-state index contributed by atoms with van der Waals surface area (Å²) in [6.45, 7) is 1.14. The summed E-state index contributed by atoms with van der Waals surface area (Å²) in [6.07, 6.45) is 7.89. The average Bonchev–Trinajstić information content (AvgIpc) is 3.02. The third-order valence-corrected chi connectivity index (χ3v) is 6.15. The van der Waals surface area contributed by atoms with Crippen LogP contribution in [0.15, 0.2) is 35.7 Å². The minimum atomic E-state index is 0.592. The first-order valence-corrected chi connectivity index (χ1v) is 9.17. The molecule has 2 aliphatic carbocycles. The smallest absolute Gasteiger partial charge is 0.0331 e. The maximum Gasteiger partial charge on any atom is 0.0331 e. The number of thiophene rings is 1. The summed E-state index contributed by atoms with van der Waals surface area (Å²) >= 11 is 1.94. The van der Waals surface area contributed by atoms with Crippen LogP contribution in [0.5, 0.6) is 0 Å². The van der Waals surface area contributed by atoms with Gasteiger partial charge in [-0.1, -0.05) is 24.3 Å². The van der Waals surface area contributed by atoms with Gasteiger partial charge in [-0.15, -0.1) is 11.3 Å². The number of hydrogen-bond donors (Lipinski definition) is 1. The normalized spacial score (nSPS) is 24.4. The van der Waals surface area contributed by atoms with E-state index in [1.807, 2.05) is 11.3 Å². The first kappa shape index (κ1) is 13.5. The molecule has 0 amide bonds. The minimum absolute atomic E-state index is 0.592. The molecular formula is C19H23NS. The van der Waals surface area contributed by atoms with Gasteiger partial charge in [0, 0.05) is 17.5 Å². The quantitative estimate of drug-likeness (QED) is 0.855. The molecule has 0 saturated heterocycles. The van der Waals surface area contributed by atoms with Crippen molar-refractivity contribution in [3.05, 3.63) is 57.3 Å². The third-order valence-electron chi connectivity index (χ3n) is 5.16. The lowest BCUT2D eigenvalue weighted by molar-refractivity contribution is 0.422. The summed E-state index contributed by atoms with van der Waals surface area (Å²) in [5.74, 6) is 0.707. The molecule has 1 nitrogen and oxygen atoms in total. The molecule has 0 bridgehead atoms. The Balaban J connectivity index is 1.47. The average molecular weight is 297 g/mol. The maximum atomic E-state index is 3.88. The lowest BCUT2D eigenvalue weighted by Crippen LogP contribution is -2.29. The minimum Gasteiger partial charge on any atom is -0.309 e. The van der Waals surface area contributed by atoms with Crippen molar-refractivity contribution in [3.8, 4) is 0 Å². The molecule has 1 heterocycles. The Kier molecular flexibility index (Phi) is 3.83. The molecule has 2 aliphatic rings. The molecule has 0 radical (unpaired) electrons. The first-order valence-electron chi connectivity index (χ1n) is 8.29. The van der Waals surface area contributed by atoms with E-state index in [1.54, 1.807) is 21.6 Å². The van der Waals surface area contributed by atoms with Crippen molar-refractivity contribution in [1.82, 2.24) is 5.32 Å². The van der Waals surface area contributed by atoms with Crippen molar-refractivity contribution in [2.75, 3.05) is 6.54 Å². The number of rotatable bonds is 3. The highest BCUT2D eigenvalue weighted by molar-refractivity contribution is 7.10. The van der Waals surface area contributed by atoms with Gasteiger partial charge in [-0.25, -0.2) is 0 Å². The van der Waals surface area contributed by atoms with Crippen molar-refractivity contribution in [1.29, 1.82) is 0 Å². The molecule has 0 spiro atoms. The fourth-order valence-corrected chi connectivity index (χ4v) is 5.04. The zero-order valence-electron chi connectivity index (χ0n) is 12.5. The number of benzene rings is 1. The van der Waals surface area contributed by atoms with Crippen LogP contribution < -0.4 is 5.32 Å². The lowest BCUT2D eigenvalue weighted by Gasteiger charge is -2.29. The van der Waals surface area contributed by atoms with E-state index in [0.29, 0.717) is 12.0 Å². The number of hydrogen-bond acceptors (Lipinski definition) is 2. The van der Waals surface area contributed by atoms with E-state index in [1.165, 1.54) is 38.5 Å². The Morgan fingerprint density at radius 1 is 1.00 bits per heavy atom. The molecule has 110 valence electrons. The van der Waals surface area contributed by atoms with Crippen LogP contribution >= 0.6 is 11.3 Å². The molecule has 21 heavy (non-hydrogen) atoms. The molecule has 1 N–H and O–H groups in total. The third kappa shape index (κ3) is 2.67. The van der Waals surface area contributed by atoms with Gasteiger partial charge in [-0.3, -0.25) is 0 Å². The molecule has 2 unspecified atom stereocenters. The van der Waals surface area contributed by atoms with Crippen molar-refractivity contribution in [2.24, 2.45) is 0 Å².